The Labute approximate surface area is 120 Å². The molecule has 0 aromatic heterocycles. The molecule has 5 nitrogen and oxygen atoms in total. The quantitative estimate of drug-likeness (QED) is 0.729. The van der Waals surface area contributed by atoms with Crippen LogP contribution >= 0.6 is 0 Å². The van der Waals surface area contributed by atoms with Crippen molar-refractivity contribution < 1.29 is 9.53 Å². The molecule has 0 spiro atoms. The number of carbonyl (C=O) groups excluding carboxylic acids is 1. The standard InChI is InChI=1S/C15H23N3O2/c1-18(2)8-10-20-9-7-17-15(19)13-4-3-12-5-6-16-14(12)11-13/h3-4,11,16H,5-10H2,1-2H3,(H,17,19). The molecular formula is C15H23N3O2. The van der Waals surface area contributed by atoms with E-state index in [1.165, 1.54) is 5.56 Å². The Morgan fingerprint density at radius 2 is 2.25 bits per heavy atom. The first-order valence-corrected chi connectivity index (χ1v) is 7.04. The van der Waals surface area contributed by atoms with E-state index in [1.807, 2.05) is 32.3 Å². The first-order chi connectivity index (χ1) is 9.66. The van der Waals surface area contributed by atoms with Gasteiger partial charge in [0.05, 0.1) is 13.2 Å². The fourth-order valence-electron chi connectivity index (χ4n) is 2.12. The molecular weight excluding hydrogens is 254 g/mol. The molecule has 20 heavy (non-hydrogen) atoms. The fourth-order valence-corrected chi connectivity index (χ4v) is 2.12. The van der Waals surface area contributed by atoms with Crippen molar-refractivity contribution in [3.63, 3.8) is 0 Å². The lowest BCUT2D eigenvalue weighted by molar-refractivity contribution is 0.0900. The van der Waals surface area contributed by atoms with Crippen molar-refractivity contribution in [2.24, 2.45) is 0 Å². The average molecular weight is 277 g/mol. The molecule has 1 amide bonds. The molecule has 0 saturated carbocycles. The molecule has 1 heterocycles. The van der Waals surface area contributed by atoms with E-state index in [4.69, 9.17) is 4.74 Å². The summed E-state index contributed by atoms with van der Waals surface area (Å²) >= 11 is 0. The number of hydrogen-bond acceptors (Lipinski definition) is 4. The number of fused-ring (bicyclic) bond motifs is 1. The van der Waals surface area contributed by atoms with Crippen LogP contribution in [0.1, 0.15) is 15.9 Å². The summed E-state index contributed by atoms with van der Waals surface area (Å²) in [6.45, 7) is 3.62. The normalized spacial score (nSPS) is 13.2. The number of nitrogens with zero attached hydrogens (tertiary/aromatic N) is 1. The molecule has 0 saturated heterocycles. The second-order valence-electron chi connectivity index (χ2n) is 5.22. The van der Waals surface area contributed by atoms with Crippen molar-refractivity contribution >= 4 is 11.6 Å². The highest BCUT2D eigenvalue weighted by Crippen LogP contribution is 2.22. The van der Waals surface area contributed by atoms with Crippen LogP contribution in [-0.2, 0) is 11.2 Å². The highest BCUT2D eigenvalue weighted by atomic mass is 16.5. The van der Waals surface area contributed by atoms with Gasteiger partial charge in [-0.15, -0.1) is 0 Å². The molecule has 1 aromatic rings. The van der Waals surface area contributed by atoms with Crippen molar-refractivity contribution in [1.82, 2.24) is 10.2 Å². The van der Waals surface area contributed by atoms with Gasteiger partial charge in [-0.2, -0.15) is 0 Å². The van der Waals surface area contributed by atoms with E-state index in [0.717, 1.165) is 25.2 Å². The van der Waals surface area contributed by atoms with E-state index in [1.54, 1.807) is 0 Å². The molecule has 0 fully saturated rings. The minimum atomic E-state index is -0.0438. The first-order valence-electron chi connectivity index (χ1n) is 7.04. The molecule has 1 aliphatic heterocycles. The monoisotopic (exact) mass is 277 g/mol. The van der Waals surface area contributed by atoms with Gasteiger partial charge in [-0.25, -0.2) is 0 Å². The SMILES string of the molecule is CN(C)CCOCCNC(=O)c1ccc2c(c1)NCC2. The van der Waals surface area contributed by atoms with Crippen LogP contribution in [0.5, 0.6) is 0 Å². The number of benzene rings is 1. The van der Waals surface area contributed by atoms with E-state index >= 15 is 0 Å². The lowest BCUT2D eigenvalue weighted by Crippen LogP contribution is -2.28. The van der Waals surface area contributed by atoms with Crippen LogP contribution < -0.4 is 10.6 Å². The number of ether oxygens (including phenoxy) is 1. The van der Waals surface area contributed by atoms with Crippen LogP contribution in [0.4, 0.5) is 5.69 Å². The maximum Gasteiger partial charge on any atom is 0.251 e. The molecule has 1 aromatic carbocycles. The van der Waals surface area contributed by atoms with Gasteiger partial charge in [-0.3, -0.25) is 4.79 Å². The number of anilines is 1. The van der Waals surface area contributed by atoms with E-state index in [2.05, 4.69) is 15.5 Å². The fraction of sp³-hybridized carbons (Fsp3) is 0.533. The van der Waals surface area contributed by atoms with Crippen LogP contribution in [0.15, 0.2) is 18.2 Å². The van der Waals surface area contributed by atoms with Gasteiger partial charge in [0.2, 0.25) is 0 Å². The third-order valence-electron chi connectivity index (χ3n) is 3.30. The molecule has 0 atom stereocenters. The Kier molecular flexibility index (Phi) is 5.38. The molecule has 2 rings (SSSR count). The van der Waals surface area contributed by atoms with Gasteiger partial charge in [0.15, 0.2) is 0 Å². The molecule has 5 heteroatoms. The van der Waals surface area contributed by atoms with Crippen molar-refractivity contribution in [2.45, 2.75) is 6.42 Å². The van der Waals surface area contributed by atoms with Crippen molar-refractivity contribution in [2.75, 3.05) is 52.3 Å². The van der Waals surface area contributed by atoms with Crippen LogP contribution in [0.3, 0.4) is 0 Å². The third kappa shape index (κ3) is 4.21. The zero-order chi connectivity index (χ0) is 14.4. The summed E-state index contributed by atoms with van der Waals surface area (Å²) < 4.78 is 5.44. The summed E-state index contributed by atoms with van der Waals surface area (Å²) in [5, 5.41) is 6.15. The minimum Gasteiger partial charge on any atom is -0.384 e. The van der Waals surface area contributed by atoms with E-state index < -0.39 is 0 Å². The second kappa shape index (κ2) is 7.26. The Morgan fingerprint density at radius 3 is 3.05 bits per heavy atom. The molecule has 0 bridgehead atoms. The zero-order valence-corrected chi connectivity index (χ0v) is 12.2. The lowest BCUT2D eigenvalue weighted by Gasteiger charge is -2.10. The number of hydrogen-bond donors (Lipinski definition) is 2. The summed E-state index contributed by atoms with van der Waals surface area (Å²) in [5.74, 6) is -0.0438. The largest absolute Gasteiger partial charge is 0.384 e. The second-order valence-corrected chi connectivity index (χ2v) is 5.22. The number of rotatable bonds is 7. The Balaban J connectivity index is 1.70. The predicted molar refractivity (Wildman–Crippen MR) is 80.3 cm³/mol. The Bertz CT molecular complexity index is 460. The number of nitrogens with one attached hydrogen (secondary N) is 2. The van der Waals surface area contributed by atoms with Crippen molar-refractivity contribution in [1.29, 1.82) is 0 Å². The summed E-state index contributed by atoms with van der Waals surface area (Å²) in [6, 6.07) is 5.83. The van der Waals surface area contributed by atoms with Crippen LogP contribution in [0.25, 0.3) is 0 Å². The van der Waals surface area contributed by atoms with E-state index in [-0.39, 0.29) is 5.91 Å². The molecule has 1 aliphatic rings. The summed E-state index contributed by atoms with van der Waals surface area (Å²) in [5.41, 5.74) is 3.07. The van der Waals surface area contributed by atoms with Gasteiger partial charge in [-0.1, -0.05) is 6.07 Å². The number of amides is 1. The number of carbonyl (C=O) groups is 1. The molecule has 110 valence electrons. The topological polar surface area (TPSA) is 53.6 Å². The highest BCUT2D eigenvalue weighted by molar-refractivity contribution is 5.95. The Hall–Kier alpha value is -1.59. The van der Waals surface area contributed by atoms with E-state index in [0.29, 0.717) is 25.3 Å². The summed E-state index contributed by atoms with van der Waals surface area (Å²) in [7, 11) is 4.01. The summed E-state index contributed by atoms with van der Waals surface area (Å²) in [4.78, 5) is 14.0. The van der Waals surface area contributed by atoms with Gasteiger partial charge < -0.3 is 20.3 Å². The first kappa shape index (κ1) is 14.8. The minimum absolute atomic E-state index is 0.0438. The molecule has 0 radical (unpaired) electrons. The van der Waals surface area contributed by atoms with Gasteiger partial charge in [0.25, 0.3) is 5.91 Å². The third-order valence-corrected chi connectivity index (χ3v) is 3.30. The highest BCUT2D eigenvalue weighted by Gasteiger charge is 2.12. The smallest absolute Gasteiger partial charge is 0.251 e. The van der Waals surface area contributed by atoms with Gasteiger partial charge >= 0.3 is 0 Å². The van der Waals surface area contributed by atoms with Crippen LogP contribution in [0.2, 0.25) is 0 Å². The van der Waals surface area contributed by atoms with E-state index in [9.17, 15) is 4.79 Å². The van der Waals surface area contributed by atoms with Gasteiger partial charge in [-0.05, 0) is 38.2 Å². The van der Waals surface area contributed by atoms with Gasteiger partial charge in [0, 0.05) is 30.9 Å². The van der Waals surface area contributed by atoms with Crippen molar-refractivity contribution in [3.05, 3.63) is 29.3 Å². The maximum absolute atomic E-state index is 12.0. The molecule has 0 aliphatic carbocycles. The van der Waals surface area contributed by atoms with Gasteiger partial charge in [0.1, 0.15) is 0 Å². The van der Waals surface area contributed by atoms with Crippen LogP contribution in [0, 0.1) is 0 Å². The summed E-state index contributed by atoms with van der Waals surface area (Å²) in [6.07, 6.45) is 1.04. The lowest BCUT2D eigenvalue weighted by atomic mass is 10.1. The predicted octanol–water partition coefficient (Wildman–Crippen LogP) is 0.963. The van der Waals surface area contributed by atoms with Crippen molar-refractivity contribution in [3.8, 4) is 0 Å². The average Bonchev–Trinajstić information content (AvgIpc) is 2.89. The number of likely N-dealkylation sites (N-methyl/N-ethyl adjacent to an activating group) is 1. The molecule has 2 N–H and O–H groups in total. The Morgan fingerprint density at radius 1 is 1.40 bits per heavy atom. The maximum atomic E-state index is 12.0. The zero-order valence-electron chi connectivity index (χ0n) is 12.2. The molecule has 0 unspecified atom stereocenters. The van der Waals surface area contributed by atoms with Crippen LogP contribution in [-0.4, -0.2) is 57.8 Å².